The fraction of sp³-hybridized carbons (Fsp3) is 0.381. The zero-order valence-corrected chi connectivity index (χ0v) is 17.5. The SMILES string of the molecule is COc1ccc(Br)c(NC(=O)NCc2ccccc2CN2CCC[C@H]2CO)c1. The zero-order chi connectivity index (χ0) is 19.9. The van der Waals surface area contributed by atoms with E-state index in [0.717, 1.165) is 36.0 Å². The van der Waals surface area contributed by atoms with Gasteiger partial charge in [-0.1, -0.05) is 24.3 Å². The number of carbonyl (C=O) groups is 1. The van der Waals surface area contributed by atoms with Gasteiger partial charge in [-0.2, -0.15) is 0 Å². The molecule has 6 nitrogen and oxygen atoms in total. The van der Waals surface area contributed by atoms with Crippen molar-refractivity contribution in [3.8, 4) is 5.75 Å². The van der Waals surface area contributed by atoms with E-state index in [0.29, 0.717) is 18.0 Å². The number of anilines is 1. The molecule has 0 bridgehead atoms. The fourth-order valence-electron chi connectivity index (χ4n) is 3.48. The Bertz CT molecular complexity index is 815. The molecule has 0 aliphatic carbocycles. The molecule has 0 spiro atoms. The molecule has 2 aromatic rings. The molecular formula is C21H26BrN3O3. The maximum atomic E-state index is 12.4. The first kappa shape index (κ1) is 20.6. The summed E-state index contributed by atoms with van der Waals surface area (Å²) in [6, 6.07) is 13.5. The number of urea groups is 1. The van der Waals surface area contributed by atoms with Gasteiger partial charge in [-0.3, -0.25) is 4.90 Å². The van der Waals surface area contributed by atoms with Crippen LogP contribution in [0.15, 0.2) is 46.9 Å². The first-order valence-electron chi connectivity index (χ1n) is 9.40. The van der Waals surface area contributed by atoms with Gasteiger partial charge in [-0.25, -0.2) is 4.79 Å². The van der Waals surface area contributed by atoms with E-state index < -0.39 is 0 Å². The van der Waals surface area contributed by atoms with Crippen LogP contribution in [0.3, 0.4) is 0 Å². The topological polar surface area (TPSA) is 73.8 Å². The van der Waals surface area contributed by atoms with Gasteiger partial charge in [-0.15, -0.1) is 0 Å². The van der Waals surface area contributed by atoms with Crippen LogP contribution in [0, 0.1) is 0 Å². The number of amides is 2. The van der Waals surface area contributed by atoms with E-state index >= 15 is 0 Å². The first-order chi connectivity index (χ1) is 13.6. The molecule has 28 heavy (non-hydrogen) atoms. The van der Waals surface area contributed by atoms with E-state index in [-0.39, 0.29) is 18.7 Å². The summed E-state index contributed by atoms with van der Waals surface area (Å²) in [5.41, 5.74) is 2.89. The number of carbonyl (C=O) groups excluding carboxylic acids is 1. The lowest BCUT2D eigenvalue weighted by atomic mass is 10.1. The van der Waals surface area contributed by atoms with Crippen LogP contribution in [0.25, 0.3) is 0 Å². The third-order valence-corrected chi connectivity index (χ3v) is 5.75. The summed E-state index contributed by atoms with van der Waals surface area (Å²) < 4.78 is 5.99. The molecule has 3 N–H and O–H groups in total. The molecule has 2 aromatic carbocycles. The molecule has 150 valence electrons. The highest BCUT2D eigenvalue weighted by molar-refractivity contribution is 9.10. The Morgan fingerprint density at radius 2 is 2.07 bits per heavy atom. The molecule has 1 aliphatic heterocycles. The molecular weight excluding hydrogens is 422 g/mol. The number of ether oxygens (including phenoxy) is 1. The normalized spacial score (nSPS) is 16.8. The van der Waals surface area contributed by atoms with E-state index in [4.69, 9.17) is 4.74 Å². The monoisotopic (exact) mass is 447 g/mol. The number of likely N-dealkylation sites (tertiary alicyclic amines) is 1. The lowest BCUT2D eigenvalue weighted by molar-refractivity contribution is 0.153. The smallest absolute Gasteiger partial charge is 0.319 e. The summed E-state index contributed by atoms with van der Waals surface area (Å²) in [5.74, 6) is 0.674. The van der Waals surface area contributed by atoms with Crippen LogP contribution in [-0.4, -0.2) is 42.3 Å². The molecule has 0 unspecified atom stereocenters. The molecule has 2 amide bonds. The van der Waals surface area contributed by atoms with Gasteiger partial charge in [0.2, 0.25) is 0 Å². The molecule has 3 rings (SSSR count). The van der Waals surface area contributed by atoms with Crippen molar-refractivity contribution in [3.05, 3.63) is 58.1 Å². The number of methoxy groups -OCH3 is 1. The lowest BCUT2D eigenvalue weighted by Crippen LogP contribution is -2.33. The highest BCUT2D eigenvalue weighted by Gasteiger charge is 2.24. The Balaban J connectivity index is 1.61. The Hall–Kier alpha value is -2.09. The van der Waals surface area contributed by atoms with Crippen molar-refractivity contribution >= 4 is 27.6 Å². The number of aliphatic hydroxyl groups is 1. The maximum Gasteiger partial charge on any atom is 0.319 e. The maximum absolute atomic E-state index is 12.4. The Morgan fingerprint density at radius 3 is 2.82 bits per heavy atom. The first-order valence-corrected chi connectivity index (χ1v) is 10.2. The number of nitrogens with zero attached hydrogens (tertiary/aromatic N) is 1. The summed E-state index contributed by atoms with van der Waals surface area (Å²) in [5, 5.41) is 15.3. The summed E-state index contributed by atoms with van der Waals surface area (Å²) >= 11 is 3.43. The predicted octanol–water partition coefficient (Wildman–Crippen LogP) is 3.74. The molecule has 0 saturated carbocycles. The standard InChI is InChI=1S/C21H26BrN3O3/c1-28-18-8-9-19(22)20(11-18)24-21(27)23-12-15-5-2-3-6-16(15)13-25-10-4-7-17(25)14-26/h2-3,5-6,8-9,11,17,26H,4,7,10,12-14H2,1H3,(H2,23,24,27)/t17-/m0/s1. The van der Waals surface area contributed by atoms with Gasteiger partial charge in [0.05, 0.1) is 19.4 Å². The average molecular weight is 448 g/mol. The second-order valence-electron chi connectivity index (χ2n) is 6.87. The molecule has 7 heteroatoms. The summed E-state index contributed by atoms with van der Waals surface area (Å²) in [6.45, 7) is 2.41. The van der Waals surface area contributed by atoms with Crippen molar-refractivity contribution in [1.29, 1.82) is 0 Å². The molecule has 0 radical (unpaired) electrons. The van der Waals surface area contributed by atoms with Crippen LogP contribution in [0.1, 0.15) is 24.0 Å². The highest BCUT2D eigenvalue weighted by atomic mass is 79.9. The number of benzene rings is 2. The molecule has 1 heterocycles. The zero-order valence-electron chi connectivity index (χ0n) is 16.0. The van der Waals surface area contributed by atoms with E-state index in [1.54, 1.807) is 13.2 Å². The van der Waals surface area contributed by atoms with Gasteiger partial charge in [-0.05, 0) is 58.6 Å². The number of nitrogens with one attached hydrogen (secondary N) is 2. The summed E-state index contributed by atoms with van der Waals surface area (Å²) in [4.78, 5) is 14.7. The molecule has 1 aliphatic rings. The second-order valence-corrected chi connectivity index (χ2v) is 7.73. The van der Waals surface area contributed by atoms with Crippen LogP contribution >= 0.6 is 15.9 Å². The third kappa shape index (κ3) is 5.25. The van der Waals surface area contributed by atoms with Gasteiger partial charge >= 0.3 is 6.03 Å². The van der Waals surface area contributed by atoms with Crippen molar-refractivity contribution in [2.75, 3.05) is 25.6 Å². The van der Waals surface area contributed by atoms with Crippen LogP contribution in [0.5, 0.6) is 5.75 Å². The lowest BCUT2D eigenvalue weighted by Gasteiger charge is -2.24. The number of aliphatic hydroxyl groups excluding tert-OH is 1. The summed E-state index contributed by atoms with van der Waals surface area (Å²) in [6.07, 6.45) is 2.15. The van der Waals surface area contributed by atoms with E-state index in [9.17, 15) is 9.90 Å². The predicted molar refractivity (Wildman–Crippen MR) is 114 cm³/mol. The van der Waals surface area contributed by atoms with Crippen LogP contribution in [-0.2, 0) is 13.1 Å². The van der Waals surface area contributed by atoms with Crippen LogP contribution < -0.4 is 15.4 Å². The quantitative estimate of drug-likeness (QED) is 0.604. The van der Waals surface area contributed by atoms with Crippen LogP contribution in [0.4, 0.5) is 10.5 Å². The highest BCUT2D eigenvalue weighted by Crippen LogP contribution is 2.27. The van der Waals surface area contributed by atoms with Crippen LogP contribution in [0.2, 0.25) is 0 Å². The van der Waals surface area contributed by atoms with Crippen molar-refractivity contribution in [2.24, 2.45) is 0 Å². The van der Waals surface area contributed by atoms with Gasteiger partial charge < -0.3 is 20.5 Å². The number of rotatable bonds is 7. The minimum Gasteiger partial charge on any atom is -0.497 e. The van der Waals surface area contributed by atoms with E-state index in [1.165, 1.54) is 5.56 Å². The number of hydrogen-bond acceptors (Lipinski definition) is 4. The largest absolute Gasteiger partial charge is 0.497 e. The van der Waals surface area contributed by atoms with Gasteiger partial charge in [0.15, 0.2) is 0 Å². The molecule has 1 fully saturated rings. The third-order valence-electron chi connectivity index (χ3n) is 5.06. The Morgan fingerprint density at radius 1 is 1.29 bits per heavy atom. The molecule has 0 aromatic heterocycles. The van der Waals surface area contributed by atoms with E-state index in [1.807, 2.05) is 30.3 Å². The average Bonchev–Trinajstić information content (AvgIpc) is 3.16. The second kappa shape index (κ2) is 9.91. The Labute approximate surface area is 174 Å². The summed E-state index contributed by atoms with van der Waals surface area (Å²) in [7, 11) is 1.59. The van der Waals surface area contributed by atoms with Crippen molar-refractivity contribution in [1.82, 2.24) is 10.2 Å². The minimum atomic E-state index is -0.279. The van der Waals surface area contributed by atoms with Crippen molar-refractivity contribution in [3.63, 3.8) is 0 Å². The van der Waals surface area contributed by atoms with Gasteiger partial charge in [0.25, 0.3) is 0 Å². The van der Waals surface area contributed by atoms with Crippen molar-refractivity contribution in [2.45, 2.75) is 32.0 Å². The molecule has 1 atom stereocenters. The number of halogens is 1. The molecule has 1 saturated heterocycles. The minimum absolute atomic E-state index is 0.193. The Kier molecular flexibility index (Phi) is 7.30. The van der Waals surface area contributed by atoms with Gasteiger partial charge in [0, 0.05) is 29.7 Å². The number of hydrogen-bond donors (Lipinski definition) is 3. The van der Waals surface area contributed by atoms with E-state index in [2.05, 4.69) is 37.5 Å². The fourth-order valence-corrected chi connectivity index (χ4v) is 3.83. The van der Waals surface area contributed by atoms with Gasteiger partial charge in [0.1, 0.15) is 5.75 Å². The van der Waals surface area contributed by atoms with Crippen molar-refractivity contribution < 1.29 is 14.6 Å².